The van der Waals surface area contributed by atoms with E-state index in [1.165, 1.54) is 10.8 Å². The minimum Gasteiger partial charge on any atom is -0.294 e. The van der Waals surface area contributed by atoms with Gasteiger partial charge in [0.1, 0.15) is 5.84 Å². The summed E-state index contributed by atoms with van der Waals surface area (Å²) in [6.45, 7) is 3.85. The highest BCUT2D eigenvalue weighted by molar-refractivity contribution is 6.24. The number of hydrogen-bond acceptors (Lipinski definition) is 1. The van der Waals surface area contributed by atoms with E-state index in [0.29, 0.717) is 5.84 Å². The molecule has 2 heteroatoms. The molecule has 0 aliphatic heterocycles. The zero-order chi connectivity index (χ0) is 18.4. The number of nitrogens with zero attached hydrogens (tertiary/aromatic N) is 1. The minimum absolute atomic E-state index is 0.383. The first-order valence-corrected chi connectivity index (χ1v) is 9.01. The summed E-state index contributed by atoms with van der Waals surface area (Å²) in [6.07, 6.45) is 1.61. The third-order valence-corrected chi connectivity index (χ3v) is 5.18. The Bertz CT molecular complexity index is 1340. The zero-order valence-electron chi connectivity index (χ0n) is 14.8. The molecule has 0 fully saturated rings. The number of hydrogen-bond donors (Lipinski definition) is 1. The van der Waals surface area contributed by atoms with Gasteiger partial charge in [0.05, 0.1) is 11.0 Å². The van der Waals surface area contributed by atoms with Crippen molar-refractivity contribution < 1.29 is 0 Å². The molecular weight excluding hydrogens is 328 g/mol. The molecule has 0 aliphatic carbocycles. The van der Waals surface area contributed by atoms with Crippen LogP contribution in [0.3, 0.4) is 0 Å². The number of nitrogens with one attached hydrogen (secondary N) is 1. The Balaban J connectivity index is 2.12. The lowest BCUT2D eigenvalue weighted by Gasteiger charge is -2.13. The number of aromatic nitrogens is 1. The highest BCUT2D eigenvalue weighted by atomic mass is 15.0. The monoisotopic (exact) mass is 346 g/mol. The fourth-order valence-corrected chi connectivity index (χ4v) is 4.03. The smallest absolute Gasteiger partial charge is 0.129 e. The molecule has 0 spiro atoms. The van der Waals surface area contributed by atoms with Gasteiger partial charge >= 0.3 is 0 Å². The molecule has 0 unspecified atom stereocenters. The van der Waals surface area contributed by atoms with Gasteiger partial charge < -0.3 is 0 Å². The van der Waals surface area contributed by atoms with Gasteiger partial charge in [0.25, 0.3) is 0 Å². The lowest BCUT2D eigenvalue weighted by molar-refractivity contribution is 1.24. The second kappa shape index (κ2) is 5.96. The second-order valence-electron chi connectivity index (χ2n) is 6.68. The molecule has 0 bridgehead atoms. The Morgan fingerprint density at radius 3 is 2.22 bits per heavy atom. The number of benzene rings is 4. The molecule has 0 atom stereocenters. The molecule has 128 valence electrons. The van der Waals surface area contributed by atoms with Crippen LogP contribution < -0.4 is 0 Å². The van der Waals surface area contributed by atoms with Gasteiger partial charge in [0.15, 0.2) is 0 Å². The third kappa shape index (κ3) is 2.24. The summed E-state index contributed by atoms with van der Waals surface area (Å²) < 4.78 is 2.02. The Labute approximate surface area is 157 Å². The van der Waals surface area contributed by atoms with Crippen LogP contribution in [-0.2, 0) is 0 Å². The molecule has 0 amide bonds. The van der Waals surface area contributed by atoms with E-state index in [9.17, 15) is 0 Å². The molecule has 0 saturated carbocycles. The molecule has 0 aliphatic rings. The van der Waals surface area contributed by atoms with E-state index in [4.69, 9.17) is 5.41 Å². The van der Waals surface area contributed by atoms with Crippen LogP contribution in [0, 0.1) is 5.41 Å². The summed E-state index contributed by atoms with van der Waals surface area (Å²) >= 11 is 0. The second-order valence-corrected chi connectivity index (χ2v) is 6.68. The van der Waals surface area contributed by atoms with E-state index in [1.807, 2.05) is 16.7 Å². The van der Waals surface area contributed by atoms with E-state index >= 15 is 0 Å². The van der Waals surface area contributed by atoms with Gasteiger partial charge in [0.2, 0.25) is 0 Å². The zero-order valence-corrected chi connectivity index (χ0v) is 14.8. The number of para-hydroxylation sites is 1. The molecule has 2 nitrogen and oxygen atoms in total. The summed E-state index contributed by atoms with van der Waals surface area (Å²) in [5, 5.41) is 13.3. The van der Waals surface area contributed by atoms with Crippen LogP contribution in [0.5, 0.6) is 0 Å². The Hall–Kier alpha value is -3.65. The number of rotatable bonds is 2. The van der Waals surface area contributed by atoms with Crippen LogP contribution in [0.15, 0.2) is 97.6 Å². The van der Waals surface area contributed by atoms with Crippen molar-refractivity contribution >= 4 is 38.4 Å². The van der Waals surface area contributed by atoms with Crippen LogP contribution in [0.1, 0.15) is 0 Å². The molecule has 0 radical (unpaired) electrons. The predicted octanol–water partition coefficient (Wildman–Crippen LogP) is 6.63. The molecule has 27 heavy (non-hydrogen) atoms. The molecule has 5 aromatic rings. The molecule has 1 heterocycles. The highest BCUT2D eigenvalue weighted by Crippen LogP contribution is 2.40. The maximum absolute atomic E-state index is 8.57. The van der Waals surface area contributed by atoms with E-state index < -0.39 is 0 Å². The average Bonchev–Trinajstić information content (AvgIpc) is 3.06. The molecule has 0 saturated heterocycles. The summed E-state index contributed by atoms with van der Waals surface area (Å²) in [5.41, 5.74) is 4.41. The SMILES string of the molecule is C=CC(=N)n1c2ccccc2c2cc3ccccc3c(-c3ccccc3)c21. The van der Waals surface area contributed by atoms with E-state index in [0.717, 1.165) is 32.9 Å². The van der Waals surface area contributed by atoms with E-state index in [1.54, 1.807) is 6.08 Å². The van der Waals surface area contributed by atoms with Crippen LogP contribution >= 0.6 is 0 Å². The van der Waals surface area contributed by atoms with Gasteiger partial charge in [-0.25, -0.2) is 0 Å². The van der Waals surface area contributed by atoms with Crippen LogP contribution in [0.25, 0.3) is 43.7 Å². The molecule has 5 rings (SSSR count). The van der Waals surface area contributed by atoms with Crippen molar-refractivity contribution in [1.82, 2.24) is 4.57 Å². The quantitative estimate of drug-likeness (QED) is 0.275. The summed E-state index contributed by atoms with van der Waals surface area (Å²) in [6, 6.07) is 29.4. The van der Waals surface area contributed by atoms with Gasteiger partial charge in [0, 0.05) is 16.3 Å². The van der Waals surface area contributed by atoms with Crippen molar-refractivity contribution in [2.75, 3.05) is 0 Å². The fraction of sp³-hybridized carbons (Fsp3) is 0. The van der Waals surface area contributed by atoms with Crippen molar-refractivity contribution in [1.29, 1.82) is 5.41 Å². The lowest BCUT2D eigenvalue weighted by Crippen LogP contribution is -2.07. The Kier molecular flexibility index (Phi) is 3.44. The molecule has 1 aromatic heterocycles. The lowest BCUT2D eigenvalue weighted by atomic mass is 9.95. The predicted molar refractivity (Wildman–Crippen MR) is 116 cm³/mol. The van der Waals surface area contributed by atoms with Crippen molar-refractivity contribution in [2.45, 2.75) is 0 Å². The minimum atomic E-state index is 0.383. The molecular formula is C25H18N2. The van der Waals surface area contributed by atoms with E-state index in [2.05, 4.69) is 79.4 Å². The Morgan fingerprint density at radius 2 is 1.44 bits per heavy atom. The topological polar surface area (TPSA) is 28.8 Å². The van der Waals surface area contributed by atoms with Crippen LogP contribution in [-0.4, -0.2) is 10.4 Å². The van der Waals surface area contributed by atoms with Gasteiger partial charge in [-0.05, 0) is 34.5 Å². The number of fused-ring (bicyclic) bond motifs is 4. The Morgan fingerprint density at radius 1 is 0.778 bits per heavy atom. The third-order valence-electron chi connectivity index (χ3n) is 5.18. The standard InChI is InChI=1S/C25H18N2/c1-2-23(26)27-22-15-9-8-14-20(22)21-16-18-12-6-7-13-19(18)24(25(21)27)17-10-4-3-5-11-17/h2-16,26H,1H2. The summed E-state index contributed by atoms with van der Waals surface area (Å²) in [5.74, 6) is 0.383. The average molecular weight is 346 g/mol. The van der Waals surface area contributed by atoms with E-state index in [-0.39, 0.29) is 0 Å². The summed E-state index contributed by atoms with van der Waals surface area (Å²) in [4.78, 5) is 0. The molecule has 4 aromatic carbocycles. The van der Waals surface area contributed by atoms with Crippen molar-refractivity contribution in [3.8, 4) is 11.1 Å². The van der Waals surface area contributed by atoms with Crippen LogP contribution in [0.4, 0.5) is 0 Å². The first kappa shape index (κ1) is 15.6. The van der Waals surface area contributed by atoms with Crippen molar-refractivity contribution in [3.63, 3.8) is 0 Å². The van der Waals surface area contributed by atoms with Gasteiger partial charge in [-0.2, -0.15) is 0 Å². The maximum atomic E-state index is 8.57. The fourth-order valence-electron chi connectivity index (χ4n) is 4.03. The largest absolute Gasteiger partial charge is 0.294 e. The summed E-state index contributed by atoms with van der Waals surface area (Å²) in [7, 11) is 0. The number of allylic oxidation sites excluding steroid dienone is 1. The van der Waals surface area contributed by atoms with Crippen molar-refractivity contribution in [3.05, 3.63) is 97.6 Å². The normalized spacial score (nSPS) is 11.3. The molecule has 1 N–H and O–H groups in total. The van der Waals surface area contributed by atoms with Gasteiger partial charge in [-0.1, -0.05) is 79.4 Å². The van der Waals surface area contributed by atoms with Crippen molar-refractivity contribution in [2.24, 2.45) is 0 Å². The highest BCUT2D eigenvalue weighted by Gasteiger charge is 2.19. The van der Waals surface area contributed by atoms with Gasteiger partial charge in [-0.15, -0.1) is 0 Å². The maximum Gasteiger partial charge on any atom is 0.129 e. The first-order valence-electron chi connectivity index (χ1n) is 9.01. The van der Waals surface area contributed by atoms with Gasteiger partial charge in [-0.3, -0.25) is 9.98 Å². The van der Waals surface area contributed by atoms with Crippen LogP contribution in [0.2, 0.25) is 0 Å². The first-order chi connectivity index (χ1) is 13.3.